The Hall–Kier alpha value is -5.60. The van der Waals surface area contributed by atoms with Crippen molar-refractivity contribution in [1.29, 1.82) is 0 Å². The van der Waals surface area contributed by atoms with E-state index in [2.05, 4.69) is 183 Å². The molecule has 0 N–H and O–H groups in total. The fourth-order valence-electron chi connectivity index (χ4n) is 8.95. The van der Waals surface area contributed by atoms with Gasteiger partial charge in [0.2, 0.25) is 0 Å². The number of anilines is 3. The highest BCUT2D eigenvalue weighted by atomic mass is 15.2. The highest BCUT2D eigenvalue weighted by Gasteiger charge is 2.38. The average Bonchev–Trinajstić information content (AvgIpc) is 3.55. The molecule has 0 unspecified atom stereocenters. The van der Waals surface area contributed by atoms with Gasteiger partial charge in [0.05, 0.1) is 28.1 Å². The molecule has 2 aliphatic rings. The monoisotopic (exact) mass is 616 g/mol. The molecule has 7 aromatic carbocycles. The van der Waals surface area contributed by atoms with Gasteiger partial charge in [0.25, 0.3) is 0 Å². The zero-order valence-corrected chi connectivity index (χ0v) is 27.8. The van der Waals surface area contributed by atoms with E-state index in [-0.39, 0.29) is 10.8 Å². The van der Waals surface area contributed by atoms with Crippen LogP contribution in [0.15, 0.2) is 146 Å². The zero-order valence-electron chi connectivity index (χ0n) is 27.8. The van der Waals surface area contributed by atoms with E-state index in [9.17, 15) is 0 Å². The summed E-state index contributed by atoms with van der Waals surface area (Å²) < 4.78 is 2.51. The van der Waals surface area contributed by atoms with Crippen LogP contribution >= 0.6 is 0 Å². The minimum Gasteiger partial charge on any atom is -0.310 e. The first kappa shape index (κ1) is 27.5. The van der Waals surface area contributed by atoms with Gasteiger partial charge in [-0.25, -0.2) is 0 Å². The maximum atomic E-state index is 2.51. The van der Waals surface area contributed by atoms with E-state index in [1.165, 1.54) is 88.7 Å². The Balaban J connectivity index is 1.31. The second kappa shape index (κ2) is 9.49. The maximum absolute atomic E-state index is 2.51. The summed E-state index contributed by atoms with van der Waals surface area (Å²) in [5, 5.41) is 5.06. The quantitative estimate of drug-likeness (QED) is 0.188. The number of hydrogen-bond donors (Lipinski definition) is 0. The van der Waals surface area contributed by atoms with Gasteiger partial charge in [0.15, 0.2) is 0 Å². The Morgan fingerprint density at radius 2 is 0.979 bits per heavy atom. The van der Waals surface area contributed by atoms with Crippen molar-refractivity contribution in [2.45, 2.75) is 38.5 Å². The summed E-state index contributed by atoms with van der Waals surface area (Å²) in [6.07, 6.45) is 0. The molecule has 2 heterocycles. The average molecular weight is 617 g/mol. The highest BCUT2D eigenvalue weighted by molar-refractivity contribution is 6.14. The Bertz CT molecular complexity index is 2580. The van der Waals surface area contributed by atoms with Crippen LogP contribution in [0.1, 0.15) is 49.9 Å². The number of benzene rings is 7. The Kier molecular flexibility index (Phi) is 5.44. The van der Waals surface area contributed by atoms with Crippen LogP contribution in [-0.2, 0) is 10.8 Å². The van der Waals surface area contributed by atoms with E-state index in [0.717, 1.165) is 0 Å². The number of para-hydroxylation sites is 2. The molecule has 10 rings (SSSR count). The number of aromatic nitrogens is 1. The van der Waals surface area contributed by atoms with Crippen LogP contribution in [0.2, 0.25) is 0 Å². The van der Waals surface area contributed by atoms with Gasteiger partial charge in [-0.05, 0) is 87.3 Å². The van der Waals surface area contributed by atoms with E-state index in [1.54, 1.807) is 0 Å². The van der Waals surface area contributed by atoms with Crippen LogP contribution in [-0.4, -0.2) is 4.57 Å². The molecule has 0 amide bonds. The molecule has 0 fully saturated rings. The predicted molar refractivity (Wildman–Crippen MR) is 203 cm³/mol. The normalized spacial score (nSPS) is 15.4. The van der Waals surface area contributed by atoms with E-state index < -0.39 is 0 Å². The number of fused-ring (bicyclic) bond motifs is 9. The van der Waals surface area contributed by atoms with Gasteiger partial charge in [0.1, 0.15) is 0 Å². The van der Waals surface area contributed by atoms with Crippen molar-refractivity contribution < 1.29 is 0 Å². The third-order valence-electron chi connectivity index (χ3n) is 11.4. The molecule has 0 bridgehead atoms. The van der Waals surface area contributed by atoms with E-state index >= 15 is 0 Å². The minimum atomic E-state index is -0.0979. The molecule has 2 heteroatoms. The molecule has 1 aliphatic heterocycles. The smallest absolute Gasteiger partial charge is 0.0547 e. The number of nitrogens with zero attached hydrogens (tertiary/aromatic N) is 2. The SMILES string of the molecule is CC1(C)c2ccccc2-c2cc3c(cc21)c1cc(N2c4ccccc4C(C)(C)c4ccccc42)ccc1n3-c1cccc2ccccc12. The lowest BCUT2D eigenvalue weighted by Gasteiger charge is -2.42. The summed E-state index contributed by atoms with van der Waals surface area (Å²) in [6, 6.07) is 54.3. The molecule has 230 valence electrons. The molecular weight excluding hydrogens is 581 g/mol. The molecule has 0 saturated carbocycles. The highest BCUT2D eigenvalue weighted by Crippen LogP contribution is 2.54. The summed E-state index contributed by atoms with van der Waals surface area (Å²) >= 11 is 0. The molecule has 0 radical (unpaired) electrons. The summed E-state index contributed by atoms with van der Waals surface area (Å²) in [5.41, 5.74) is 15.3. The summed E-state index contributed by atoms with van der Waals surface area (Å²) in [4.78, 5) is 2.48. The van der Waals surface area contributed by atoms with Gasteiger partial charge >= 0.3 is 0 Å². The first-order chi connectivity index (χ1) is 23.3. The second-order valence-corrected chi connectivity index (χ2v) is 14.6. The fourth-order valence-corrected chi connectivity index (χ4v) is 8.95. The Morgan fingerprint density at radius 3 is 1.75 bits per heavy atom. The lowest BCUT2D eigenvalue weighted by atomic mass is 9.73. The molecule has 0 saturated heterocycles. The molecule has 0 spiro atoms. The van der Waals surface area contributed by atoms with Gasteiger partial charge in [-0.1, -0.05) is 125 Å². The van der Waals surface area contributed by atoms with Gasteiger partial charge < -0.3 is 9.47 Å². The Labute approximate surface area is 281 Å². The third-order valence-corrected chi connectivity index (χ3v) is 11.4. The molecule has 8 aromatic rings. The molecular formula is C46H36N2. The topological polar surface area (TPSA) is 8.17 Å². The first-order valence-electron chi connectivity index (χ1n) is 17.0. The van der Waals surface area contributed by atoms with Gasteiger partial charge in [-0.3, -0.25) is 0 Å². The molecule has 2 nitrogen and oxygen atoms in total. The Morgan fingerprint density at radius 1 is 0.396 bits per heavy atom. The maximum Gasteiger partial charge on any atom is 0.0547 e. The van der Waals surface area contributed by atoms with Crippen LogP contribution in [0, 0.1) is 0 Å². The van der Waals surface area contributed by atoms with Crippen molar-refractivity contribution in [3.63, 3.8) is 0 Å². The van der Waals surface area contributed by atoms with Crippen molar-refractivity contribution in [3.05, 3.63) is 168 Å². The predicted octanol–water partition coefficient (Wildman–Crippen LogP) is 12.4. The standard InChI is InChI=1S/C46H36N2/c1-45(2)36-18-8-7-17-32(36)33-28-44-35(27-39(33)45)34-26-30(24-25-41(34)48(44)40-23-13-15-29-14-5-6-16-31(29)40)47-42-21-11-9-19-37(42)46(3,4)38-20-10-12-22-43(38)47/h5-28H,1-4H3. The largest absolute Gasteiger partial charge is 0.310 e. The van der Waals surface area contributed by atoms with E-state index in [0.29, 0.717) is 0 Å². The molecule has 1 aliphatic carbocycles. The summed E-state index contributed by atoms with van der Waals surface area (Å²) in [7, 11) is 0. The van der Waals surface area contributed by atoms with E-state index in [4.69, 9.17) is 0 Å². The van der Waals surface area contributed by atoms with Crippen LogP contribution in [0.4, 0.5) is 17.1 Å². The molecule has 48 heavy (non-hydrogen) atoms. The number of rotatable bonds is 2. The third kappa shape index (κ3) is 3.52. The van der Waals surface area contributed by atoms with Crippen molar-refractivity contribution in [2.24, 2.45) is 0 Å². The van der Waals surface area contributed by atoms with Gasteiger partial charge in [-0.15, -0.1) is 0 Å². The molecule has 1 aromatic heterocycles. The van der Waals surface area contributed by atoms with Crippen LogP contribution < -0.4 is 4.90 Å². The van der Waals surface area contributed by atoms with Crippen LogP contribution in [0.3, 0.4) is 0 Å². The van der Waals surface area contributed by atoms with Crippen molar-refractivity contribution in [3.8, 4) is 16.8 Å². The zero-order chi connectivity index (χ0) is 32.4. The minimum absolute atomic E-state index is 0.0814. The number of hydrogen-bond acceptors (Lipinski definition) is 1. The van der Waals surface area contributed by atoms with Gasteiger partial charge in [-0.2, -0.15) is 0 Å². The second-order valence-electron chi connectivity index (χ2n) is 14.6. The van der Waals surface area contributed by atoms with E-state index in [1.807, 2.05) is 0 Å². The van der Waals surface area contributed by atoms with Gasteiger partial charge in [0, 0.05) is 32.7 Å². The summed E-state index contributed by atoms with van der Waals surface area (Å²) in [6.45, 7) is 9.46. The van der Waals surface area contributed by atoms with Crippen molar-refractivity contribution in [2.75, 3.05) is 4.90 Å². The van der Waals surface area contributed by atoms with Crippen molar-refractivity contribution >= 4 is 49.6 Å². The fraction of sp³-hybridized carbons (Fsp3) is 0.130. The lowest BCUT2D eigenvalue weighted by Crippen LogP contribution is -2.30. The summed E-state index contributed by atoms with van der Waals surface area (Å²) in [5.74, 6) is 0. The molecule has 0 atom stereocenters. The van der Waals surface area contributed by atoms with Crippen molar-refractivity contribution in [1.82, 2.24) is 4.57 Å². The first-order valence-corrected chi connectivity index (χ1v) is 17.0. The van der Waals surface area contributed by atoms with Crippen LogP contribution in [0.25, 0.3) is 49.4 Å². The lowest BCUT2D eigenvalue weighted by molar-refractivity contribution is 0.632. The van der Waals surface area contributed by atoms with Crippen LogP contribution in [0.5, 0.6) is 0 Å².